The van der Waals surface area contributed by atoms with E-state index in [4.69, 9.17) is 0 Å². The minimum Gasteiger partial charge on any atom is -0.198 e. The molecule has 0 aromatic rings. The van der Waals surface area contributed by atoms with Gasteiger partial charge in [0.25, 0.3) is 0 Å². The van der Waals surface area contributed by atoms with E-state index in [9.17, 15) is 5.26 Å². The molecule has 0 saturated heterocycles. The van der Waals surface area contributed by atoms with Crippen LogP contribution in [0.15, 0.2) is 12.2 Å². The van der Waals surface area contributed by atoms with Crippen molar-refractivity contribution >= 4 is 8.07 Å². The third kappa shape index (κ3) is 2.57. The summed E-state index contributed by atoms with van der Waals surface area (Å²) in [6.07, 6.45) is 4.18. The lowest BCUT2D eigenvalue weighted by Crippen LogP contribution is -2.48. The quantitative estimate of drug-likeness (QED) is 0.480. The summed E-state index contributed by atoms with van der Waals surface area (Å²) < 4.78 is 0. The Kier molecular flexibility index (Phi) is 6.03. The molecule has 0 aliphatic heterocycles. The van der Waals surface area contributed by atoms with E-state index in [0.29, 0.717) is 16.6 Å². The molecule has 92 valence electrons. The van der Waals surface area contributed by atoms with Crippen molar-refractivity contribution in [3.8, 4) is 6.07 Å². The molecular formula is C14H27NSi. The highest BCUT2D eigenvalue weighted by Gasteiger charge is 2.48. The van der Waals surface area contributed by atoms with Crippen molar-refractivity contribution < 1.29 is 0 Å². The Morgan fingerprint density at radius 2 is 1.31 bits per heavy atom. The molecular weight excluding hydrogens is 210 g/mol. The molecule has 0 aliphatic carbocycles. The van der Waals surface area contributed by atoms with Gasteiger partial charge in [0.2, 0.25) is 0 Å². The van der Waals surface area contributed by atoms with Gasteiger partial charge in [0.05, 0.1) is 19.7 Å². The van der Waals surface area contributed by atoms with Gasteiger partial charge in [-0.2, -0.15) is 5.26 Å². The number of nitriles is 1. The highest BCUT2D eigenvalue weighted by molar-refractivity contribution is 6.85. The number of allylic oxidation sites excluding steroid dienone is 2. The summed E-state index contributed by atoms with van der Waals surface area (Å²) in [6, 6.07) is 2.56. The van der Waals surface area contributed by atoms with Crippen LogP contribution in [0.1, 0.15) is 48.5 Å². The average Bonchev–Trinajstić information content (AvgIpc) is 2.15. The van der Waals surface area contributed by atoms with E-state index in [2.05, 4.69) is 53.7 Å². The van der Waals surface area contributed by atoms with Crippen molar-refractivity contribution in [3.63, 3.8) is 0 Å². The highest BCUT2D eigenvalue weighted by atomic mass is 28.3. The Balaban J connectivity index is 5.60. The van der Waals surface area contributed by atoms with Gasteiger partial charge < -0.3 is 0 Å². The van der Waals surface area contributed by atoms with Gasteiger partial charge >= 0.3 is 0 Å². The molecule has 0 aromatic carbocycles. The van der Waals surface area contributed by atoms with Crippen molar-refractivity contribution in [1.29, 1.82) is 5.26 Å². The molecule has 16 heavy (non-hydrogen) atoms. The van der Waals surface area contributed by atoms with Crippen molar-refractivity contribution in [1.82, 2.24) is 0 Å². The Hall–Kier alpha value is -0.553. The van der Waals surface area contributed by atoms with E-state index in [0.717, 1.165) is 0 Å². The van der Waals surface area contributed by atoms with Crippen LogP contribution in [-0.4, -0.2) is 8.07 Å². The van der Waals surface area contributed by atoms with E-state index >= 15 is 0 Å². The Morgan fingerprint density at radius 3 is 1.50 bits per heavy atom. The summed E-state index contributed by atoms with van der Waals surface area (Å²) in [7, 11) is -1.63. The molecule has 0 aliphatic rings. The summed E-state index contributed by atoms with van der Waals surface area (Å²) in [5.74, 6) is 0. The number of nitrogens with zero attached hydrogens (tertiary/aromatic N) is 1. The van der Waals surface area contributed by atoms with Gasteiger partial charge in [-0.25, -0.2) is 0 Å². The van der Waals surface area contributed by atoms with Gasteiger partial charge in [0, 0.05) is 0 Å². The van der Waals surface area contributed by atoms with Crippen LogP contribution in [0.5, 0.6) is 0 Å². The predicted octanol–water partition coefficient (Wildman–Crippen LogP) is 5.14. The zero-order valence-electron chi connectivity index (χ0n) is 11.9. The summed E-state index contributed by atoms with van der Waals surface area (Å²) in [5.41, 5.74) is 2.09. The van der Waals surface area contributed by atoms with Crippen LogP contribution in [0.25, 0.3) is 0 Å². The van der Waals surface area contributed by atoms with Gasteiger partial charge in [0.1, 0.15) is 0 Å². The minimum atomic E-state index is -1.63. The number of hydrogen-bond acceptors (Lipinski definition) is 1. The molecule has 0 rings (SSSR count). The topological polar surface area (TPSA) is 23.8 Å². The maximum Gasteiger partial charge on any atom is 0.0855 e. The standard InChI is InChI=1S/C14H27NSi/c1-8-9-14(10-15)16(11(2)3,12(4)5)13(6)7/h8-9,11-14H,1-7H3/b9-8+. The molecule has 0 heterocycles. The van der Waals surface area contributed by atoms with Crippen LogP contribution < -0.4 is 0 Å². The Labute approximate surface area is 103 Å². The molecule has 1 atom stereocenters. The van der Waals surface area contributed by atoms with Crippen molar-refractivity contribution in [2.45, 2.75) is 70.6 Å². The van der Waals surface area contributed by atoms with Gasteiger partial charge in [0.15, 0.2) is 0 Å². The zero-order valence-corrected chi connectivity index (χ0v) is 12.9. The highest BCUT2D eigenvalue weighted by Crippen LogP contribution is 2.49. The van der Waals surface area contributed by atoms with Gasteiger partial charge in [-0.15, -0.1) is 0 Å². The maximum absolute atomic E-state index is 9.47. The monoisotopic (exact) mass is 237 g/mol. The van der Waals surface area contributed by atoms with Crippen molar-refractivity contribution in [3.05, 3.63) is 12.2 Å². The smallest absolute Gasteiger partial charge is 0.0855 e. The Morgan fingerprint density at radius 1 is 0.938 bits per heavy atom. The molecule has 0 aromatic heterocycles. The van der Waals surface area contributed by atoms with E-state index < -0.39 is 8.07 Å². The first-order valence-corrected chi connectivity index (χ1v) is 8.68. The van der Waals surface area contributed by atoms with Crippen molar-refractivity contribution in [2.24, 2.45) is 0 Å². The SMILES string of the molecule is C/C=C/C(C#N)[Si](C(C)C)(C(C)C)C(C)C. The number of hydrogen-bond donors (Lipinski definition) is 0. The van der Waals surface area contributed by atoms with E-state index in [1.54, 1.807) is 0 Å². The van der Waals surface area contributed by atoms with Crippen LogP contribution in [0.4, 0.5) is 0 Å². The van der Waals surface area contributed by atoms with Crippen LogP contribution in [0.2, 0.25) is 22.2 Å². The molecule has 0 spiro atoms. The third-order valence-electron chi connectivity index (χ3n) is 4.06. The second-order valence-electron chi connectivity index (χ2n) is 5.60. The molecule has 0 amide bonds. The fourth-order valence-corrected chi connectivity index (χ4v) is 10.5. The van der Waals surface area contributed by atoms with Crippen LogP contribution in [-0.2, 0) is 0 Å². The van der Waals surface area contributed by atoms with E-state index in [1.807, 2.05) is 13.0 Å². The Bertz CT molecular complexity index is 249. The lowest BCUT2D eigenvalue weighted by molar-refractivity contribution is 0.792. The summed E-state index contributed by atoms with van der Waals surface area (Å²) >= 11 is 0. The normalized spacial score (nSPS) is 15.1. The second-order valence-corrected chi connectivity index (χ2v) is 11.7. The van der Waals surface area contributed by atoms with Crippen molar-refractivity contribution in [2.75, 3.05) is 0 Å². The lowest BCUT2D eigenvalue weighted by Gasteiger charge is -2.45. The average molecular weight is 237 g/mol. The fourth-order valence-electron chi connectivity index (χ4n) is 3.59. The minimum absolute atomic E-state index is 0.150. The third-order valence-corrected chi connectivity index (χ3v) is 11.5. The molecule has 2 heteroatoms. The van der Waals surface area contributed by atoms with E-state index in [-0.39, 0.29) is 5.54 Å². The van der Waals surface area contributed by atoms with Crippen LogP contribution in [0, 0.1) is 11.3 Å². The van der Waals surface area contributed by atoms with Gasteiger partial charge in [-0.3, -0.25) is 0 Å². The molecule has 0 fully saturated rings. The maximum atomic E-state index is 9.47. The van der Waals surface area contributed by atoms with Gasteiger partial charge in [-0.05, 0) is 23.5 Å². The predicted molar refractivity (Wildman–Crippen MR) is 75.2 cm³/mol. The molecule has 0 saturated carbocycles. The summed E-state index contributed by atoms with van der Waals surface area (Å²) in [6.45, 7) is 15.9. The van der Waals surface area contributed by atoms with Crippen LogP contribution in [0.3, 0.4) is 0 Å². The lowest BCUT2D eigenvalue weighted by atomic mass is 10.4. The van der Waals surface area contributed by atoms with Crippen LogP contribution >= 0.6 is 0 Å². The summed E-state index contributed by atoms with van der Waals surface area (Å²) in [4.78, 5) is 0. The number of rotatable bonds is 5. The van der Waals surface area contributed by atoms with Gasteiger partial charge in [-0.1, -0.05) is 53.7 Å². The molecule has 1 unspecified atom stereocenters. The first-order valence-electron chi connectivity index (χ1n) is 6.38. The molecule has 1 nitrogen and oxygen atoms in total. The summed E-state index contributed by atoms with van der Waals surface area (Å²) in [5, 5.41) is 9.47. The first-order chi connectivity index (χ1) is 7.35. The second kappa shape index (κ2) is 6.25. The molecule has 0 radical (unpaired) electrons. The fraction of sp³-hybridized carbons (Fsp3) is 0.786. The van der Waals surface area contributed by atoms with E-state index in [1.165, 1.54) is 0 Å². The largest absolute Gasteiger partial charge is 0.198 e. The zero-order chi connectivity index (χ0) is 12.9. The first kappa shape index (κ1) is 15.4. The molecule has 0 bridgehead atoms. The molecule has 0 N–H and O–H groups in total.